The Hall–Kier alpha value is -4.01. The number of H-pyrrole nitrogens is 1. The van der Waals surface area contributed by atoms with Gasteiger partial charge < -0.3 is 42.2 Å². The quantitative estimate of drug-likeness (QED) is 0.156. The molecule has 186 valence electrons. The van der Waals surface area contributed by atoms with Crippen LogP contribution in [0.2, 0.25) is 0 Å². The average molecular weight is 481 g/mol. The Kier molecular flexibility index (Phi) is 9.06. The van der Waals surface area contributed by atoms with Crippen LogP contribution < -0.4 is 22.1 Å². The highest BCUT2D eigenvalue weighted by Crippen LogP contribution is 2.19. The van der Waals surface area contributed by atoms with E-state index in [9.17, 15) is 39.0 Å². The number of carboxylic acid groups (broad SMARTS) is 2. The minimum absolute atomic E-state index is 0.155. The standard InChI is InChI=1S/C19H27N7O8/c20-10(5-14(21)27)18(32)26-3-1-2-13(26)17(31)24-11(6-15(28)29)16(30)25-12(19(33)34)4-9-7-22-8-23-9/h7-8,10-13H,1-6,20H2,(H2,21,27)(H,22,23)(H,24,31)(H,25,30)(H,28,29)(H,33,34). The minimum atomic E-state index is -1.61. The van der Waals surface area contributed by atoms with E-state index in [1.165, 1.54) is 12.5 Å². The highest BCUT2D eigenvalue weighted by atomic mass is 16.4. The first-order valence-electron chi connectivity index (χ1n) is 10.4. The van der Waals surface area contributed by atoms with E-state index in [1.54, 1.807) is 0 Å². The van der Waals surface area contributed by atoms with Crippen LogP contribution in [0.3, 0.4) is 0 Å². The van der Waals surface area contributed by atoms with Crippen LogP contribution in [0.5, 0.6) is 0 Å². The number of hydrogen-bond donors (Lipinski definition) is 7. The third-order valence-corrected chi connectivity index (χ3v) is 5.18. The van der Waals surface area contributed by atoms with Crippen LogP contribution in [0, 0.1) is 0 Å². The topological polar surface area (TPSA) is 251 Å². The van der Waals surface area contributed by atoms with Crippen molar-refractivity contribution in [3.8, 4) is 0 Å². The number of hydrogen-bond acceptors (Lipinski definition) is 8. The molecule has 2 heterocycles. The average Bonchev–Trinajstić information content (AvgIpc) is 3.43. The van der Waals surface area contributed by atoms with E-state index >= 15 is 0 Å². The van der Waals surface area contributed by atoms with E-state index in [1.807, 2.05) is 0 Å². The summed E-state index contributed by atoms with van der Waals surface area (Å²) in [6.07, 6.45) is 1.96. The molecular weight excluding hydrogens is 454 g/mol. The largest absolute Gasteiger partial charge is 0.481 e. The Morgan fingerprint density at radius 3 is 2.41 bits per heavy atom. The molecule has 0 spiro atoms. The van der Waals surface area contributed by atoms with Gasteiger partial charge in [0.05, 0.1) is 25.2 Å². The van der Waals surface area contributed by atoms with Crippen molar-refractivity contribution in [3.05, 3.63) is 18.2 Å². The highest BCUT2D eigenvalue weighted by Gasteiger charge is 2.38. The fraction of sp³-hybridized carbons (Fsp3) is 0.526. The Morgan fingerprint density at radius 1 is 1.15 bits per heavy atom. The molecule has 1 saturated heterocycles. The van der Waals surface area contributed by atoms with Crippen LogP contribution >= 0.6 is 0 Å². The predicted octanol–water partition coefficient (Wildman–Crippen LogP) is -3.33. The molecule has 2 rings (SSSR count). The van der Waals surface area contributed by atoms with Crippen molar-refractivity contribution in [1.82, 2.24) is 25.5 Å². The zero-order valence-electron chi connectivity index (χ0n) is 18.1. The number of amides is 4. The zero-order chi connectivity index (χ0) is 25.4. The molecule has 0 aromatic carbocycles. The number of nitrogens with one attached hydrogen (secondary N) is 3. The van der Waals surface area contributed by atoms with E-state index in [0.717, 1.165) is 4.90 Å². The lowest BCUT2D eigenvalue weighted by Gasteiger charge is -2.28. The van der Waals surface area contributed by atoms with E-state index in [0.29, 0.717) is 12.1 Å². The number of likely N-dealkylation sites (tertiary alicyclic amines) is 1. The molecule has 1 aliphatic heterocycles. The maximum absolute atomic E-state index is 12.8. The summed E-state index contributed by atoms with van der Waals surface area (Å²) >= 11 is 0. The monoisotopic (exact) mass is 481 g/mol. The van der Waals surface area contributed by atoms with Crippen molar-refractivity contribution in [2.75, 3.05) is 6.54 Å². The molecule has 1 aromatic rings. The van der Waals surface area contributed by atoms with Crippen LogP contribution in [-0.2, 0) is 35.2 Å². The maximum Gasteiger partial charge on any atom is 0.326 e. The molecule has 9 N–H and O–H groups in total. The first-order valence-corrected chi connectivity index (χ1v) is 10.4. The lowest BCUT2D eigenvalue weighted by Crippen LogP contribution is -2.57. The van der Waals surface area contributed by atoms with E-state index in [2.05, 4.69) is 20.6 Å². The van der Waals surface area contributed by atoms with Gasteiger partial charge in [-0.2, -0.15) is 0 Å². The number of aromatic nitrogens is 2. The Bertz CT molecular complexity index is 935. The molecule has 4 amide bonds. The van der Waals surface area contributed by atoms with Gasteiger partial charge in [-0.05, 0) is 12.8 Å². The Morgan fingerprint density at radius 2 is 1.85 bits per heavy atom. The summed E-state index contributed by atoms with van der Waals surface area (Å²) in [6.45, 7) is 0.171. The van der Waals surface area contributed by atoms with Gasteiger partial charge in [-0.1, -0.05) is 0 Å². The van der Waals surface area contributed by atoms with Crippen LogP contribution in [-0.4, -0.2) is 91.4 Å². The van der Waals surface area contributed by atoms with Crippen molar-refractivity contribution in [2.45, 2.75) is 56.3 Å². The lowest BCUT2D eigenvalue weighted by molar-refractivity contribution is -0.144. The second-order valence-corrected chi connectivity index (χ2v) is 7.81. The number of aliphatic carboxylic acids is 2. The number of nitrogens with zero attached hydrogens (tertiary/aromatic N) is 2. The van der Waals surface area contributed by atoms with Gasteiger partial charge in [-0.25, -0.2) is 9.78 Å². The number of carbonyl (C=O) groups excluding carboxylic acids is 4. The summed E-state index contributed by atoms with van der Waals surface area (Å²) in [5, 5.41) is 23.1. The summed E-state index contributed by atoms with van der Waals surface area (Å²) in [7, 11) is 0. The van der Waals surface area contributed by atoms with Crippen LogP contribution in [0.15, 0.2) is 12.5 Å². The third-order valence-electron chi connectivity index (χ3n) is 5.18. The molecule has 4 atom stereocenters. The highest BCUT2D eigenvalue weighted by molar-refractivity contribution is 5.96. The van der Waals surface area contributed by atoms with Crippen molar-refractivity contribution in [3.63, 3.8) is 0 Å². The summed E-state index contributed by atoms with van der Waals surface area (Å²) in [6, 6.07) is -5.32. The van der Waals surface area contributed by atoms with Crippen molar-refractivity contribution >= 4 is 35.6 Å². The van der Waals surface area contributed by atoms with E-state index < -0.39 is 72.6 Å². The molecule has 4 unspecified atom stereocenters. The van der Waals surface area contributed by atoms with Crippen LogP contribution in [0.1, 0.15) is 31.4 Å². The van der Waals surface area contributed by atoms with Gasteiger partial charge >= 0.3 is 11.9 Å². The molecule has 0 aliphatic carbocycles. The Labute approximate surface area is 193 Å². The van der Waals surface area contributed by atoms with Gasteiger partial charge in [0, 0.05) is 24.9 Å². The molecule has 0 saturated carbocycles. The van der Waals surface area contributed by atoms with Gasteiger partial charge in [0.1, 0.15) is 18.1 Å². The van der Waals surface area contributed by atoms with Crippen molar-refractivity contribution in [2.24, 2.45) is 11.5 Å². The lowest BCUT2D eigenvalue weighted by atomic mass is 10.1. The van der Waals surface area contributed by atoms with Gasteiger partial charge in [-0.15, -0.1) is 0 Å². The molecule has 1 aromatic heterocycles. The Balaban J connectivity index is 2.10. The summed E-state index contributed by atoms with van der Waals surface area (Å²) in [5.74, 6) is -6.09. The summed E-state index contributed by atoms with van der Waals surface area (Å²) in [5.41, 5.74) is 11.2. The third kappa shape index (κ3) is 7.26. The molecule has 0 bridgehead atoms. The smallest absolute Gasteiger partial charge is 0.326 e. The molecular formula is C19H27N7O8. The summed E-state index contributed by atoms with van der Waals surface area (Å²) < 4.78 is 0. The van der Waals surface area contributed by atoms with E-state index in [4.69, 9.17) is 11.5 Å². The number of aromatic amines is 1. The number of carboxylic acids is 2. The second-order valence-electron chi connectivity index (χ2n) is 7.81. The normalized spacial score (nSPS) is 17.9. The molecule has 15 heteroatoms. The van der Waals surface area contributed by atoms with Crippen LogP contribution in [0.25, 0.3) is 0 Å². The van der Waals surface area contributed by atoms with E-state index in [-0.39, 0.29) is 19.4 Å². The number of rotatable bonds is 12. The molecule has 34 heavy (non-hydrogen) atoms. The zero-order valence-corrected chi connectivity index (χ0v) is 18.1. The minimum Gasteiger partial charge on any atom is -0.481 e. The van der Waals surface area contributed by atoms with Crippen molar-refractivity contribution in [1.29, 1.82) is 0 Å². The molecule has 1 aliphatic rings. The second kappa shape index (κ2) is 11.7. The molecule has 0 radical (unpaired) electrons. The maximum atomic E-state index is 12.8. The predicted molar refractivity (Wildman–Crippen MR) is 113 cm³/mol. The number of primary amides is 1. The van der Waals surface area contributed by atoms with Gasteiger partial charge in [0.2, 0.25) is 23.6 Å². The summed E-state index contributed by atoms with van der Waals surface area (Å²) in [4.78, 5) is 79.5. The van der Waals surface area contributed by atoms with Gasteiger partial charge in [0.15, 0.2) is 0 Å². The first-order chi connectivity index (χ1) is 16.0. The SMILES string of the molecule is NC(=O)CC(N)C(=O)N1CCCC1C(=O)NC(CC(=O)O)C(=O)NC(Cc1cnc[nH]1)C(=O)O. The number of nitrogens with two attached hydrogens (primary N) is 2. The van der Waals surface area contributed by atoms with Gasteiger partial charge in [0.25, 0.3) is 0 Å². The first kappa shape index (κ1) is 26.2. The van der Waals surface area contributed by atoms with Gasteiger partial charge in [-0.3, -0.25) is 24.0 Å². The van der Waals surface area contributed by atoms with Crippen LogP contribution in [0.4, 0.5) is 0 Å². The molecule has 15 nitrogen and oxygen atoms in total. The fourth-order valence-electron chi connectivity index (χ4n) is 3.56. The number of imidazole rings is 1. The number of carbonyl (C=O) groups is 6. The fourth-order valence-corrected chi connectivity index (χ4v) is 3.56. The molecule has 1 fully saturated rings. The van der Waals surface area contributed by atoms with Crippen molar-refractivity contribution < 1.29 is 39.0 Å².